The molecule has 0 atom stereocenters. The Morgan fingerprint density at radius 1 is 1.33 bits per heavy atom. The van der Waals surface area contributed by atoms with Gasteiger partial charge in [0.1, 0.15) is 0 Å². The van der Waals surface area contributed by atoms with E-state index in [9.17, 15) is 4.79 Å². The lowest BCUT2D eigenvalue weighted by molar-refractivity contribution is -0.265. The first kappa shape index (κ1) is 15.4. The van der Waals surface area contributed by atoms with Gasteiger partial charge in [-0.2, -0.15) is 0 Å². The lowest BCUT2D eigenvalue weighted by Gasteiger charge is -2.34. The minimum atomic E-state index is -0.508. The smallest absolute Gasteiger partial charge is 0.305 e. The maximum atomic E-state index is 11.5. The van der Waals surface area contributed by atoms with Crippen LogP contribution in [0, 0.1) is 5.92 Å². The molecule has 0 aliphatic carbocycles. The van der Waals surface area contributed by atoms with E-state index in [1.165, 1.54) is 0 Å². The van der Waals surface area contributed by atoms with Gasteiger partial charge in [-0.15, -0.1) is 0 Å². The number of hydrogen-bond donors (Lipinski definition) is 0. The molecule has 18 heavy (non-hydrogen) atoms. The van der Waals surface area contributed by atoms with Gasteiger partial charge in [-0.1, -0.05) is 0 Å². The number of nitrogens with zero attached hydrogens (tertiary/aromatic N) is 1. The van der Waals surface area contributed by atoms with Crippen molar-refractivity contribution in [3.63, 3.8) is 0 Å². The number of rotatable bonds is 6. The summed E-state index contributed by atoms with van der Waals surface area (Å²) in [4.78, 5) is 13.5. The van der Waals surface area contributed by atoms with Gasteiger partial charge in [0.05, 0.1) is 19.8 Å². The van der Waals surface area contributed by atoms with Gasteiger partial charge in [0.15, 0.2) is 5.79 Å². The van der Waals surface area contributed by atoms with Crippen LogP contribution in [0.3, 0.4) is 0 Å². The first-order valence-corrected chi connectivity index (χ1v) is 6.47. The molecule has 0 spiro atoms. The Bertz CT molecular complexity index is 256. The summed E-state index contributed by atoms with van der Waals surface area (Å²) in [5.41, 5.74) is 0. The second-order valence-electron chi connectivity index (χ2n) is 5.48. The zero-order valence-corrected chi connectivity index (χ0v) is 11.9. The first-order chi connectivity index (χ1) is 8.39. The molecule has 5 nitrogen and oxygen atoms in total. The topological polar surface area (TPSA) is 48.0 Å². The second kappa shape index (κ2) is 7.07. The molecule has 0 saturated carbocycles. The van der Waals surface area contributed by atoms with E-state index in [4.69, 9.17) is 14.2 Å². The van der Waals surface area contributed by atoms with Crippen LogP contribution in [0.25, 0.3) is 0 Å². The summed E-state index contributed by atoms with van der Waals surface area (Å²) >= 11 is 0. The highest BCUT2D eigenvalue weighted by atomic mass is 16.7. The molecule has 0 aromatic heterocycles. The van der Waals surface area contributed by atoms with E-state index in [0.29, 0.717) is 26.2 Å². The van der Waals surface area contributed by atoms with Crippen molar-refractivity contribution in [2.45, 2.75) is 32.5 Å². The molecule has 0 unspecified atom stereocenters. The van der Waals surface area contributed by atoms with E-state index in [-0.39, 0.29) is 11.9 Å². The van der Waals surface area contributed by atoms with Gasteiger partial charge < -0.3 is 19.1 Å². The molecule has 1 heterocycles. The fraction of sp³-hybridized carbons (Fsp3) is 0.923. The lowest BCUT2D eigenvalue weighted by Crippen LogP contribution is -2.41. The summed E-state index contributed by atoms with van der Waals surface area (Å²) < 4.78 is 16.2. The fourth-order valence-corrected chi connectivity index (χ4v) is 1.65. The summed E-state index contributed by atoms with van der Waals surface area (Å²) in [5, 5.41) is 0. The molecule has 0 N–H and O–H groups in total. The van der Waals surface area contributed by atoms with E-state index < -0.39 is 5.79 Å². The van der Waals surface area contributed by atoms with E-state index in [1.54, 1.807) is 0 Å². The number of carbonyl (C=O) groups excluding carboxylic acids is 1. The predicted octanol–water partition coefficient (Wildman–Crippen LogP) is 1.27. The van der Waals surface area contributed by atoms with Gasteiger partial charge in [-0.05, 0) is 40.9 Å². The van der Waals surface area contributed by atoms with Gasteiger partial charge >= 0.3 is 5.97 Å². The molecule has 0 aromatic carbocycles. The van der Waals surface area contributed by atoms with Crippen molar-refractivity contribution < 1.29 is 19.0 Å². The molecular formula is C13H25NO4. The van der Waals surface area contributed by atoms with Crippen molar-refractivity contribution in [1.29, 1.82) is 0 Å². The minimum Gasteiger partial charge on any atom is -0.465 e. The fourth-order valence-electron chi connectivity index (χ4n) is 1.65. The largest absolute Gasteiger partial charge is 0.465 e. The normalized spacial score (nSPS) is 20.1. The van der Waals surface area contributed by atoms with Crippen molar-refractivity contribution in [2.75, 3.05) is 40.5 Å². The third-order valence-electron chi connectivity index (χ3n) is 2.80. The lowest BCUT2D eigenvalue weighted by atomic mass is 10.1. The molecule has 1 rings (SSSR count). The Morgan fingerprint density at radius 2 is 1.94 bits per heavy atom. The van der Waals surface area contributed by atoms with Crippen LogP contribution in [0.1, 0.15) is 26.7 Å². The van der Waals surface area contributed by atoms with E-state index in [1.807, 2.05) is 27.9 Å². The Hall–Kier alpha value is -0.650. The molecule has 1 fully saturated rings. The number of carbonyl (C=O) groups is 1. The van der Waals surface area contributed by atoms with Crippen LogP contribution in [0.5, 0.6) is 0 Å². The van der Waals surface area contributed by atoms with Crippen LogP contribution >= 0.6 is 0 Å². The average Bonchev–Trinajstić information content (AvgIpc) is 2.27. The van der Waals surface area contributed by atoms with Crippen LogP contribution in [0.2, 0.25) is 0 Å². The van der Waals surface area contributed by atoms with Crippen molar-refractivity contribution in [3.05, 3.63) is 0 Å². The standard InChI is InChI=1S/C13H25NO4/c1-13(2)17-9-11(10-18-13)8-16-12(15)6-5-7-14(3)4/h11H,5-10H2,1-4H3. The summed E-state index contributed by atoms with van der Waals surface area (Å²) in [5.74, 6) is -0.496. The molecular weight excluding hydrogens is 234 g/mol. The molecule has 0 amide bonds. The van der Waals surface area contributed by atoms with E-state index >= 15 is 0 Å². The zero-order chi connectivity index (χ0) is 13.6. The Labute approximate surface area is 109 Å². The Morgan fingerprint density at radius 3 is 2.50 bits per heavy atom. The third-order valence-corrected chi connectivity index (χ3v) is 2.80. The van der Waals surface area contributed by atoms with E-state index in [0.717, 1.165) is 13.0 Å². The predicted molar refractivity (Wildman–Crippen MR) is 68.2 cm³/mol. The molecule has 1 aliphatic heterocycles. The Balaban J connectivity index is 2.08. The summed E-state index contributed by atoms with van der Waals surface area (Å²) in [6, 6.07) is 0. The van der Waals surface area contributed by atoms with Crippen LogP contribution in [0.4, 0.5) is 0 Å². The average molecular weight is 259 g/mol. The summed E-state index contributed by atoms with van der Waals surface area (Å²) in [6.07, 6.45) is 1.30. The van der Waals surface area contributed by atoms with Crippen LogP contribution in [-0.4, -0.2) is 57.1 Å². The summed E-state index contributed by atoms with van der Waals surface area (Å²) in [7, 11) is 3.98. The third kappa shape index (κ3) is 6.33. The quantitative estimate of drug-likeness (QED) is 0.672. The molecule has 0 bridgehead atoms. The Kier molecular flexibility index (Phi) is 6.05. The highest BCUT2D eigenvalue weighted by Crippen LogP contribution is 2.20. The van der Waals surface area contributed by atoms with Gasteiger partial charge in [-0.3, -0.25) is 4.79 Å². The molecule has 5 heteroatoms. The molecule has 1 aliphatic rings. The van der Waals surface area contributed by atoms with Crippen LogP contribution < -0.4 is 0 Å². The van der Waals surface area contributed by atoms with Crippen molar-refractivity contribution >= 4 is 5.97 Å². The molecule has 0 radical (unpaired) electrons. The number of ether oxygens (including phenoxy) is 3. The van der Waals surface area contributed by atoms with Crippen molar-refractivity contribution in [3.8, 4) is 0 Å². The highest BCUT2D eigenvalue weighted by Gasteiger charge is 2.28. The van der Waals surface area contributed by atoms with Gasteiger partial charge in [0.25, 0.3) is 0 Å². The maximum Gasteiger partial charge on any atom is 0.305 e. The van der Waals surface area contributed by atoms with Crippen LogP contribution in [-0.2, 0) is 19.0 Å². The van der Waals surface area contributed by atoms with Crippen LogP contribution in [0.15, 0.2) is 0 Å². The number of hydrogen-bond acceptors (Lipinski definition) is 5. The molecule has 106 valence electrons. The maximum absolute atomic E-state index is 11.5. The summed E-state index contributed by atoms with van der Waals surface area (Å²) in [6.45, 7) is 6.22. The van der Waals surface area contributed by atoms with Gasteiger partial charge in [0.2, 0.25) is 0 Å². The highest BCUT2D eigenvalue weighted by molar-refractivity contribution is 5.69. The number of esters is 1. The van der Waals surface area contributed by atoms with Crippen molar-refractivity contribution in [2.24, 2.45) is 5.92 Å². The monoisotopic (exact) mass is 259 g/mol. The minimum absolute atomic E-state index is 0.137. The van der Waals surface area contributed by atoms with Crippen molar-refractivity contribution in [1.82, 2.24) is 4.90 Å². The molecule has 0 aromatic rings. The van der Waals surface area contributed by atoms with E-state index in [2.05, 4.69) is 4.90 Å². The first-order valence-electron chi connectivity index (χ1n) is 6.47. The second-order valence-corrected chi connectivity index (χ2v) is 5.48. The molecule has 1 saturated heterocycles. The SMILES string of the molecule is CN(C)CCCC(=O)OCC1COC(C)(C)OC1. The van der Waals surface area contributed by atoms with Gasteiger partial charge in [-0.25, -0.2) is 0 Å². The zero-order valence-electron chi connectivity index (χ0n) is 11.9. The van der Waals surface area contributed by atoms with Gasteiger partial charge in [0, 0.05) is 12.3 Å².